The van der Waals surface area contributed by atoms with Gasteiger partial charge >= 0.3 is 5.97 Å². The normalized spacial score (nSPS) is 23.1. The molecule has 26 heavy (non-hydrogen) atoms. The predicted octanol–water partition coefficient (Wildman–Crippen LogP) is 2.34. The molecule has 2 rings (SSSR count). The third kappa shape index (κ3) is 4.55. The Kier molecular flexibility index (Phi) is 6.64. The maximum absolute atomic E-state index is 12.7. The number of likely N-dealkylation sites (tertiary alicyclic amines) is 1. The van der Waals surface area contributed by atoms with E-state index in [0.29, 0.717) is 31.1 Å². The summed E-state index contributed by atoms with van der Waals surface area (Å²) in [5.74, 6) is -0.132. The summed E-state index contributed by atoms with van der Waals surface area (Å²) in [4.78, 5) is 26.3. The maximum atomic E-state index is 12.7. The largest absolute Gasteiger partial charge is 0.497 e. The number of methoxy groups -OCH3 is 1. The van der Waals surface area contributed by atoms with E-state index in [-0.39, 0.29) is 25.3 Å². The average molecular weight is 363 g/mol. The van der Waals surface area contributed by atoms with E-state index in [1.807, 2.05) is 32.0 Å². The molecule has 0 aromatic heterocycles. The Morgan fingerprint density at radius 3 is 2.73 bits per heavy atom. The van der Waals surface area contributed by atoms with Crippen LogP contribution in [-0.4, -0.2) is 53.3 Å². The minimum atomic E-state index is -1.29. The summed E-state index contributed by atoms with van der Waals surface area (Å²) in [7, 11) is 1.57. The number of ether oxygens (including phenoxy) is 1. The molecular formula is C20H29NO5. The molecule has 1 aliphatic heterocycles. The van der Waals surface area contributed by atoms with Gasteiger partial charge in [0.15, 0.2) is 0 Å². The van der Waals surface area contributed by atoms with Gasteiger partial charge < -0.3 is 19.8 Å². The zero-order valence-corrected chi connectivity index (χ0v) is 15.8. The lowest BCUT2D eigenvalue weighted by Gasteiger charge is -2.43. The van der Waals surface area contributed by atoms with Crippen molar-refractivity contribution in [3.05, 3.63) is 29.8 Å². The van der Waals surface area contributed by atoms with Crippen molar-refractivity contribution in [2.45, 2.75) is 45.6 Å². The van der Waals surface area contributed by atoms with E-state index in [0.717, 1.165) is 5.56 Å². The van der Waals surface area contributed by atoms with E-state index in [4.69, 9.17) is 4.74 Å². The SMILES string of the molecule is COc1cccc(CC(=O)N2CC[C@H](O)[C@](CCC(C)C)(C(=O)O)C2)c1. The van der Waals surface area contributed by atoms with Crippen LogP contribution in [0.1, 0.15) is 38.7 Å². The van der Waals surface area contributed by atoms with Gasteiger partial charge in [-0.15, -0.1) is 0 Å². The minimum Gasteiger partial charge on any atom is -0.497 e. The summed E-state index contributed by atoms with van der Waals surface area (Å²) < 4.78 is 5.18. The number of rotatable bonds is 7. The van der Waals surface area contributed by atoms with Gasteiger partial charge in [-0.3, -0.25) is 9.59 Å². The second-order valence-corrected chi connectivity index (χ2v) is 7.54. The molecule has 0 spiro atoms. The average Bonchev–Trinajstić information content (AvgIpc) is 2.60. The van der Waals surface area contributed by atoms with Crippen LogP contribution in [0.2, 0.25) is 0 Å². The third-order valence-electron chi connectivity index (χ3n) is 5.22. The lowest BCUT2D eigenvalue weighted by atomic mass is 9.72. The van der Waals surface area contributed by atoms with Crippen molar-refractivity contribution >= 4 is 11.9 Å². The predicted molar refractivity (Wildman–Crippen MR) is 98.0 cm³/mol. The number of carboxylic acids is 1. The summed E-state index contributed by atoms with van der Waals surface area (Å²) in [6.07, 6.45) is 0.604. The molecule has 0 bridgehead atoms. The molecule has 1 fully saturated rings. The summed E-state index contributed by atoms with van der Waals surface area (Å²) in [5, 5.41) is 20.2. The molecule has 0 aliphatic carbocycles. The first-order chi connectivity index (χ1) is 12.3. The highest BCUT2D eigenvalue weighted by Crippen LogP contribution is 2.37. The molecule has 1 amide bonds. The molecule has 144 valence electrons. The van der Waals surface area contributed by atoms with Crippen LogP contribution in [0.5, 0.6) is 5.75 Å². The molecule has 1 aliphatic rings. The van der Waals surface area contributed by atoms with Crippen molar-refractivity contribution in [2.24, 2.45) is 11.3 Å². The van der Waals surface area contributed by atoms with Gasteiger partial charge in [-0.2, -0.15) is 0 Å². The van der Waals surface area contributed by atoms with Gasteiger partial charge in [0.2, 0.25) is 5.91 Å². The molecule has 0 unspecified atom stereocenters. The van der Waals surface area contributed by atoms with Crippen LogP contribution < -0.4 is 4.74 Å². The van der Waals surface area contributed by atoms with E-state index in [1.54, 1.807) is 18.1 Å². The third-order valence-corrected chi connectivity index (χ3v) is 5.22. The van der Waals surface area contributed by atoms with Crippen LogP contribution in [0.25, 0.3) is 0 Å². The number of carbonyl (C=O) groups excluding carboxylic acids is 1. The van der Waals surface area contributed by atoms with Crippen molar-refractivity contribution in [3.8, 4) is 5.75 Å². The lowest BCUT2D eigenvalue weighted by molar-refractivity contribution is -0.167. The van der Waals surface area contributed by atoms with Crippen LogP contribution in [0.3, 0.4) is 0 Å². The van der Waals surface area contributed by atoms with Crippen LogP contribution in [0, 0.1) is 11.3 Å². The number of hydrogen-bond acceptors (Lipinski definition) is 4. The topological polar surface area (TPSA) is 87.1 Å². The number of piperidine rings is 1. The van der Waals surface area contributed by atoms with E-state index >= 15 is 0 Å². The summed E-state index contributed by atoms with van der Waals surface area (Å²) >= 11 is 0. The molecular weight excluding hydrogens is 334 g/mol. The van der Waals surface area contributed by atoms with Crippen LogP contribution in [-0.2, 0) is 16.0 Å². The fourth-order valence-corrected chi connectivity index (χ4v) is 3.47. The lowest BCUT2D eigenvalue weighted by Crippen LogP contribution is -2.57. The minimum absolute atomic E-state index is 0.0546. The van der Waals surface area contributed by atoms with Gasteiger partial charge in [-0.05, 0) is 42.9 Å². The number of nitrogens with zero attached hydrogens (tertiary/aromatic N) is 1. The fourth-order valence-electron chi connectivity index (χ4n) is 3.47. The molecule has 1 aromatic rings. The summed E-state index contributed by atoms with van der Waals surface area (Å²) in [5.41, 5.74) is -0.462. The first-order valence-electron chi connectivity index (χ1n) is 9.10. The Hall–Kier alpha value is -2.08. The van der Waals surface area contributed by atoms with E-state index < -0.39 is 17.5 Å². The zero-order chi connectivity index (χ0) is 19.3. The van der Waals surface area contributed by atoms with E-state index in [1.165, 1.54) is 0 Å². The van der Waals surface area contributed by atoms with Crippen molar-refractivity contribution in [3.63, 3.8) is 0 Å². The Bertz CT molecular complexity index is 645. The second-order valence-electron chi connectivity index (χ2n) is 7.54. The maximum Gasteiger partial charge on any atom is 0.314 e. The number of aliphatic hydroxyl groups excluding tert-OH is 1. The number of hydrogen-bond donors (Lipinski definition) is 2. The van der Waals surface area contributed by atoms with E-state index in [2.05, 4.69) is 0 Å². The van der Waals surface area contributed by atoms with Gasteiger partial charge in [0.1, 0.15) is 11.2 Å². The molecule has 0 saturated carbocycles. The van der Waals surface area contributed by atoms with Crippen LogP contribution in [0.4, 0.5) is 0 Å². The Labute approximate surface area is 154 Å². The number of aliphatic carboxylic acids is 1. The monoisotopic (exact) mass is 363 g/mol. The standard InChI is InChI=1S/C20H29NO5/c1-14(2)7-9-20(19(24)25)13-21(10-8-17(20)22)18(23)12-15-5-4-6-16(11-15)26-3/h4-6,11,14,17,22H,7-10,12-13H2,1-3H3,(H,24,25)/t17-,20+/m0/s1. The molecule has 1 aromatic carbocycles. The van der Waals surface area contributed by atoms with Gasteiger partial charge in [-0.1, -0.05) is 26.0 Å². The number of aliphatic hydroxyl groups is 1. The molecule has 2 atom stereocenters. The number of benzene rings is 1. The Morgan fingerprint density at radius 1 is 1.38 bits per heavy atom. The fraction of sp³-hybridized carbons (Fsp3) is 0.600. The zero-order valence-electron chi connectivity index (χ0n) is 15.8. The van der Waals surface area contributed by atoms with Crippen LogP contribution >= 0.6 is 0 Å². The molecule has 1 heterocycles. The van der Waals surface area contributed by atoms with Gasteiger partial charge in [0, 0.05) is 13.1 Å². The first-order valence-corrected chi connectivity index (χ1v) is 9.10. The van der Waals surface area contributed by atoms with E-state index in [9.17, 15) is 19.8 Å². The Morgan fingerprint density at radius 2 is 2.12 bits per heavy atom. The van der Waals surface area contributed by atoms with Gasteiger partial charge in [0.25, 0.3) is 0 Å². The number of amides is 1. The molecule has 6 nitrogen and oxygen atoms in total. The molecule has 1 saturated heterocycles. The second kappa shape index (κ2) is 8.54. The highest BCUT2D eigenvalue weighted by Gasteiger charge is 2.49. The summed E-state index contributed by atoms with van der Waals surface area (Å²) in [6, 6.07) is 7.29. The summed E-state index contributed by atoms with van der Waals surface area (Å²) in [6.45, 7) is 4.48. The van der Waals surface area contributed by atoms with Gasteiger partial charge in [-0.25, -0.2) is 0 Å². The Balaban J connectivity index is 2.13. The van der Waals surface area contributed by atoms with Crippen molar-refractivity contribution in [1.82, 2.24) is 4.90 Å². The van der Waals surface area contributed by atoms with Crippen molar-refractivity contribution in [2.75, 3.05) is 20.2 Å². The molecule has 6 heteroatoms. The van der Waals surface area contributed by atoms with Gasteiger partial charge in [0.05, 0.1) is 19.6 Å². The molecule has 2 N–H and O–H groups in total. The van der Waals surface area contributed by atoms with Crippen LogP contribution in [0.15, 0.2) is 24.3 Å². The first kappa shape index (κ1) is 20.2. The number of carboxylic acid groups (broad SMARTS) is 1. The van der Waals surface area contributed by atoms with Crippen molar-refractivity contribution < 1.29 is 24.5 Å². The number of carbonyl (C=O) groups is 2. The highest BCUT2D eigenvalue weighted by atomic mass is 16.5. The highest BCUT2D eigenvalue weighted by molar-refractivity contribution is 5.81. The molecule has 0 radical (unpaired) electrons. The van der Waals surface area contributed by atoms with Crippen molar-refractivity contribution in [1.29, 1.82) is 0 Å². The smallest absolute Gasteiger partial charge is 0.314 e. The quantitative estimate of drug-likeness (QED) is 0.776.